The van der Waals surface area contributed by atoms with E-state index < -0.39 is 0 Å². The van der Waals surface area contributed by atoms with Gasteiger partial charge in [0.15, 0.2) is 5.13 Å². The first-order chi connectivity index (χ1) is 14.7. The number of thioether (sulfide) groups is 1. The Morgan fingerprint density at radius 1 is 1.23 bits per heavy atom. The van der Waals surface area contributed by atoms with Crippen molar-refractivity contribution in [2.45, 2.75) is 24.4 Å². The Morgan fingerprint density at radius 3 is 3.10 bits per heavy atom. The highest BCUT2D eigenvalue weighted by Crippen LogP contribution is 2.41. The average molecular weight is 438 g/mol. The molecule has 0 radical (unpaired) electrons. The number of rotatable bonds is 5. The van der Waals surface area contributed by atoms with E-state index >= 15 is 0 Å². The number of hydrogen-bond donors (Lipinski definition) is 4. The second kappa shape index (κ2) is 7.96. The van der Waals surface area contributed by atoms with E-state index in [4.69, 9.17) is 0 Å². The standard InChI is InChI=1S/C20H19N7OS2/c1-11-9-29-18-15(11)17(24-10-25-18)22-7-13-8-23-20(30-13)27-19(28)26-14-4-2-3-12-5-6-21-16(12)14/h2-6,8,10-11,21H,7,9H2,1H3,(H,22,24,25)(H2,23,26,27,28). The molecule has 8 nitrogen and oxygen atoms in total. The summed E-state index contributed by atoms with van der Waals surface area (Å²) >= 11 is 3.20. The maximum absolute atomic E-state index is 12.4. The zero-order chi connectivity index (χ0) is 20.5. The largest absolute Gasteiger partial charge is 0.365 e. The normalized spacial score (nSPS) is 15.2. The minimum Gasteiger partial charge on any atom is -0.365 e. The van der Waals surface area contributed by atoms with Crippen LogP contribution in [0.2, 0.25) is 0 Å². The van der Waals surface area contributed by atoms with Crippen LogP contribution in [-0.4, -0.2) is 31.7 Å². The molecule has 0 saturated heterocycles. The Morgan fingerprint density at radius 2 is 2.17 bits per heavy atom. The van der Waals surface area contributed by atoms with Crippen molar-refractivity contribution < 1.29 is 4.79 Å². The van der Waals surface area contributed by atoms with E-state index in [1.54, 1.807) is 24.3 Å². The number of carbonyl (C=O) groups excluding carboxylic acids is 1. The Balaban J connectivity index is 1.22. The summed E-state index contributed by atoms with van der Waals surface area (Å²) in [5, 5.41) is 11.7. The van der Waals surface area contributed by atoms with Gasteiger partial charge in [-0.2, -0.15) is 0 Å². The Bertz CT molecular complexity index is 1220. The number of anilines is 3. The molecule has 1 unspecified atom stereocenters. The van der Waals surface area contributed by atoms with Gasteiger partial charge in [0.25, 0.3) is 0 Å². The molecule has 0 aliphatic carbocycles. The fourth-order valence-electron chi connectivity index (χ4n) is 3.42. The first kappa shape index (κ1) is 18.9. The van der Waals surface area contributed by atoms with Gasteiger partial charge in [-0.3, -0.25) is 5.32 Å². The average Bonchev–Trinajstić information content (AvgIpc) is 3.47. The predicted molar refractivity (Wildman–Crippen MR) is 122 cm³/mol. The minimum absolute atomic E-state index is 0.328. The molecule has 4 aromatic rings. The lowest BCUT2D eigenvalue weighted by molar-refractivity contribution is 0.262. The topological polar surface area (TPSA) is 108 Å². The Kier molecular flexibility index (Phi) is 5.01. The number of fused-ring (bicyclic) bond motifs is 2. The molecule has 152 valence electrons. The highest BCUT2D eigenvalue weighted by molar-refractivity contribution is 7.99. The molecule has 1 aliphatic heterocycles. The summed E-state index contributed by atoms with van der Waals surface area (Å²) in [7, 11) is 0. The molecule has 30 heavy (non-hydrogen) atoms. The van der Waals surface area contributed by atoms with Crippen LogP contribution < -0.4 is 16.0 Å². The van der Waals surface area contributed by atoms with Gasteiger partial charge in [0.1, 0.15) is 17.2 Å². The van der Waals surface area contributed by atoms with E-state index in [1.807, 2.05) is 30.5 Å². The van der Waals surface area contributed by atoms with Crippen LogP contribution in [0.5, 0.6) is 0 Å². The minimum atomic E-state index is -0.328. The van der Waals surface area contributed by atoms with Crippen molar-refractivity contribution in [1.29, 1.82) is 0 Å². The van der Waals surface area contributed by atoms with Gasteiger partial charge in [-0.15, -0.1) is 11.8 Å². The molecule has 0 fully saturated rings. The summed E-state index contributed by atoms with van der Waals surface area (Å²) in [5.74, 6) is 2.33. The number of amides is 2. The zero-order valence-corrected chi connectivity index (χ0v) is 17.7. The van der Waals surface area contributed by atoms with Crippen molar-refractivity contribution in [2.24, 2.45) is 0 Å². The lowest BCUT2D eigenvalue weighted by atomic mass is 10.1. The van der Waals surface area contributed by atoms with Crippen LogP contribution in [0.1, 0.15) is 23.3 Å². The lowest BCUT2D eigenvalue weighted by Crippen LogP contribution is -2.19. The van der Waals surface area contributed by atoms with Gasteiger partial charge in [-0.1, -0.05) is 30.4 Å². The number of aromatic nitrogens is 4. The number of nitrogens with zero attached hydrogens (tertiary/aromatic N) is 3. The summed E-state index contributed by atoms with van der Waals surface area (Å²) in [6.45, 7) is 2.78. The highest BCUT2D eigenvalue weighted by atomic mass is 32.2. The summed E-state index contributed by atoms with van der Waals surface area (Å²) < 4.78 is 0. The fraction of sp³-hybridized carbons (Fsp3) is 0.200. The molecule has 4 heterocycles. The van der Waals surface area contributed by atoms with E-state index in [0.29, 0.717) is 17.6 Å². The summed E-state index contributed by atoms with van der Waals surface area (Å²) in [4.78, 5) is 29.6. The number of para-hydroxylation sites is 1. The van der Waals surface area contributed by atoms with E-state index in [0.717, 1.165) is 38.1 Å². The SMILES string of the molecule is CC1CSc2ncnc(NCc3cnc(NC(=O)Nc4cccc5cc[nH]c45)s3)c21. The molecule has 2 amide bonds. The molecular weight excluding hydrogens is 418 g/mol. The zero-order valence-electron chi connectivity index (χ0n) is 16.1. The van der Waals surface area contributed by atoms with Gasteiger partial charge in [0, 0.05) is 34.0 Å². The monoisotopic (exact) mass is 437 g/mol. The van der Waals surface area contributed by atoms with Crippen LogP contribution >= 0.6 is 23.1 Å². The molecule has 3 aromatic heterocycles. The first-order valence-electron chi connectivity index (χ1n) is 9.48. The van der Waals surface area contributed by atoms with Gasteiger partial charge < -0.3 is 15.6 Å². The third kappa shape index (κ3) is 3.71. The third-order valence-electron chi connectivity index (χ3n) is 4.85. The lowest BCUT2D eigenvalue weighted by Gasteiger charge is -2.10. The van der Waals surface area contributed by atoms with E-state index in [-0.39, 0.29) is 6.03 Å². The number of aromatic amines is 1. The predicted octanol–water partition coefficient (Wildman–Crippen LogP) is 4.88. The number of benzene rings is 1. The van der Waals surface area contributed by atoms with Gasteiger partial charge >= 0.3 is 6.03 Å². The second-order valence-corrected chi connectivity index (χ2v) is 9.09. The van der Waals surface area contributed by atoms with Crippen molar-refractivity contribution >= 4 is 56.7 Å². The number of hydrogen-bond acceptors (Lipinski definition) is 7. The smallest absolute Gasteiger partial charge is 0.325 e. The molecule has 5 rings (SSSR count). The van der Waals surface area contributed by atoms with E-state index in [1.165, 1.54) is 16.9 Å². The van der Waals surface area contributed by atoms with Crippen molar-refractivity contribution in [3.63, 3.8) is 0 Å². The van der Waals surface area contributed by atoms with E-state index in [2.05, 4.69) is 42.8 Å². The molecular formula is C20H19N7OS2. The van der Waals surface area contributed by atoms with Gasteiger partial charge in [0.05, 0.1) is 17.7 Å². The van der Waals surface area contributed by atoms with Crippen molar-refractivity contribution in [1.82, 2.24) is 19.9 Å². The molecule has 4 N–H and O–H groups in total. The van der Waals surface area contributed by atoms with Crippen LogP contribution in [-0.2, 0) is 6.54 Å². The van der Waals surface area contributed by atoms with Gasteiger partial charge in [-0.25, -0.2) is 19.7 Å². The number of carbonyl (C=O) groups is 1. The molecule has 10 heteroatoms. The number of urea groups is 1. The fourth-order valence-corrected chi connectivity index (χ4v) is 5.32. The number of nitrogens with one attached hydrogen (secondary N) is 4. The third-order valence-corrected chi connectivity index (χ3v) is 7.03. The van der Waals surface area contributed by atoms with Gasteiger partial charge in [-0.05, 0) is 18.1 Å². The highest BCUT2D eigenvalue weighted by Gasteiger charge is 2.24. The summed E-state index contributed by atoms with van der Waals surface area (Å²) in [5.41, 5.74) is 2.79. The first-order valence-corrected chi connectivity index (χ1v) is 11.3. The van der Waals surface area contributed by atoms with Crippen LogP contribution in [0.25, 0.3) is 10.9 Å². The van der Waals surface area contributed by atoms with E-state index in [9.17, 15) is 4.79 Å². The Labute approximate surface area is 180 Å². The maximum Gasteiger partial charge on any atom is 0.325 e. The van der Waals surface area contributed by atoms with Crippen molar-refractivity contribution in [3.8, 4) is 0 Å². The van der Waals surface area contributed by atoms with Crippen molar-refractivity contribution in [3.05, 3.63) is 53.4 Å². The maximum atomic E-state index is 12.4. The van der Waals surface area contributed by atoms with Gasteiger partial charge in [0.2, 0.25) is 0 Å². The van der Waals surface area contributed by atoms with Crippen molar-refractivity contribution in [2.75, 3.05) is 21.7 Å². The Hall–Kier alpha value is -3.11. The number of thiazole rings is 1. The molecule has 1 aliphatic rings. The molecule has 1 aromatic carbocycles. The number of H-pyrrole nitrogens is 1. The molecule has 0 bridgehead atoms. The molecule has 1 atom stereocenters. The van der Waals surface area contributed by atoms with Crippen LogP contribution in [0.15, 0.2) is 48.0 Å². The quantitative estimate of drug-likeness (QED) is 0.332. The van der Waals surface area contributed by atoms with Crippen LogP contribution in [0.4, 0.5) is 21.4 Å². The van der Waals surface area contributed by atoms with Crippen LogP contribution in [0, 0.1) is 0 Å². The second-order valence-electron chi connectivity index (χ2n) is 6.97. The molecule has 0 spiro atoms. The summed E-state index contributed by atoms with van der Waals surface area (Å²) in [6, 6.07) is 7.38. The molecule has 0 saturated carbocycles. The summed E-state index contributed by atoms with van der Waals surface area (Å²) in [6.07, 6.45) is 5.21. The van der Waals surface area contributed by atoms with Crippen LogP contribution in [0.3, 0.4) is 0 Å².